The fourth-order valence-corrected chi connectivity index (χ4v) is 10.9. The van der Waals surface area contributed by atoms with E-state index in [0.717, 1.165) is 43.6 Å². The number of thioether (sulfide) groups is 1. The topological polar surface area (TPSA) is 70.2 Å². The zero-order valence-electron chi connectivity index (χ0n) is 21.9. The number of H-pyrrole nitrogens is 1. The van der Waals surface area contributed by atoms with Crippen LogP contribution in [0.5, 0.6) is 0 Å². The predicted molar refractivity (Wildman–Crippen MR) is 154 cm³/mol. The second kappa shape index (κ2) is 9.18. The summed E-state index contributed by atoms with van der Waals surface area (Å²) in [7, 11) is 0. The lowest BCUT2D eigenvalue weighted by atomic mass is 9.68. The van der Waals surface area contributed by atoms with Gasteiger partial charge in [-0.05, 0) is 59.1 Å². The van der Waals surface area contributed by atoms with E-state index in [1.165, 1.54) is 23.5 Å². The molecule has 2 amide bonds. The Kier molecular flexibility index (Phi) is 5.69. The zero-order valence-corrected chi connectivity index (χ0v) is 23.5. The maximum absolute atomic E-state index is 13.9. The van der Waals surface area contributed by atoms with E-state index in [0.29, 0.717) is 6.42 Å². The number of carbonyl (C=O) groups excluding carboxylic acids is 2. The number of thiazole rings is 1. The van der Waals surface area contributed by atoms with Crippen molar-refractivity contribution in [3.05, 3.63) is 105 Å². The molecule has 10 heteroatoms. The number of nitrogens with zero attached hydrogens (tertiary/aromatic N) is 1. The van der Waals surface area contributed by atoms with Crippen molar-refractivity contribution in [2.45, 2.75) is 28.8 Å². The molecule has 8 rings (SSSR count). The van der Waals surface area contributed by atoms with Gasteiger partial charge in [-0.3, -0.25) is 19.3 Å². The first-order chi connectivity index (χ1) is 20.2. The van der Waals surface area contributed by atoms with Gasteiger partial charge < -0.3 is 4.98 Å². The smallest absolute Gasteiger partial charge is 0.307 e. The summed E-state index contributed by atoms with van der Waals surface area (Å²) in [6, 6.07) is 22.8. The summed E-state index contributed by atoms with van der Waals surface area (Å²) in [5, 5.41) is 0.824. The molecule has 2 aliphatic heterocycles. The molecular formula is C32H23F3N2O3S2. The van der Waals surface area contributed by atoms with Gasteiger partial charge in [-0.1, -0.05) is 72.0 Å². The van der Waals surface area contributed by atoms with Gasteiger partial charge in [0.2, 0.25) is 11.8 Å². The van der Waals surface area contributed by atoms with Gasteiger partial charge in [0.1, 0.15) is 0 Å². The third kappa shape index (κ3) is 3.74. The molecule has 42 heavy (non-hydrogen) atoms. The summed E-state index contributed by atoms with van der Waals surface area (Å²) in [6.45, 7) is 0. The number of carbonyl (C=O) groups is 2. The van der Waals surface area contributed by atoms with Crippen molar-refractivity contribution in [1.29, 1.82) is 0 Å². The van der Waals surface area contributed by atoms with Crippen LogP contribution in [0.25, 0.3) is 11.1 Å². The van der Waals surface area contributed by atoms with Crippen molar-refractivity contribution in [3.63, 3.8) is 0 Å². The van der Waals surface area contributed by atoms with Crippen LogP contribution in [0.2, 0.25) is 0 Å². The molecule has 5 unspecified atom stereocenters. The highest BCUT2D eigenvalue weighted by molar-refractivity contribution is 8.00. The van der Waals surface area contributed by atoms with Gasteiger partial charge in [-0.25, -0.2) is 0 Å². The number of hydrogen-bond donors (Lipinski definition) is 1. The third-order valence-corrected chi connectivity index (χ3v) is 12.1. The van der Waals surface area contributed by atoms with Gasteiger partial charge in [0.15, 0.2) is 0 Å². The van der Waals surface area contributed by atoms with Gasteiger partial charge in [-0.2, -0.15) is 13.2 Å². The molecule has 4 aromatic rings. The number of nitrogens with one attached hydrogen (secondary N) is 1. The summed E-state index contributed by atoms with van der Waals surface area (Å²) in [4.78, 5) is 45.0. The average Bonchev–Trinajstić information content (AvgIpc) is 3.72. The summed E-state index contributed by atoms with van der Waals surface area (Å²) < 4.78 is 40.4. The van der Waals surface area contributed by atoms with Crippen LogP contribution < -0.4 is 9.77 Å². The van der Waals surface area contributed by atoms with Crippen LogP contribution in [-0.2, 0) is 15.8 Å². The maximum Gasteiger partial charge on any atom is 0.416 e. The largest absolute Gasteiger partial charge is 0.416 e. The predicted octanol–water partition coefficient (Wildman–Crippen LogP) is 6.80. The van der Waals surface area contributed by atoms with E-state index >= 15 is 0 Å². The molecule has 1 N–H and O–H groups in total. The first-order valence-electron chi connectivity index (χ1n) is 13.8. The molecule has 0 radical (unpaired) electrons. The van der Waals surface area contributed by atoms with E-state index in [2.05, 4.69) is 29.2 Å². The van der Waals surface area contributed by atoms with Crippen LogP contribution in [0, 0.1) is 29.6 Å². The zero-order chi connectivity index (χ0) is 28.9. The molecule has 2 bridgehead atoms. The SMILES string of the molecule is O=C1C2C(C(=O)N1c1cccc(C(F)(F)F)c1)[C@@H]1C[C@H]2C2Sc3[nH]c(=O)sc3C(c3ccc(-c4ccccc4)cc3)C21. The van der Waals surface area contributed by atoms with Gasteiger partial charge in [0, 0.05) is 16.0 Å². The fraction of sp³-hybridized carbons (Fsp3) is 0.281. The lowest BCUT2D eigenvalue weighted by molar-refractivity contribution is -0.137. The minimum atomic E-state index is -4.58. The monoisotopic (exact) mass is 604 g/mol. The fourth-order valence-electron chi connectivity index (χ4n) is 7.98. The second-order valence-electron chi connectivity index (χ2n) is 11.5. The number of fused-ring (bicyclic) bond motifs is 9. The van der Waals surface area contributed by atoms with Crippen LogP contribution in [0.4, 0.5) is 18.9 Å². The number of aromatic nitrogens is 1. The van der Waals surface area contributed by atoms with Crippen molar-refractivity contribution in [2.75, 3.05) is 4.90 Å². The number of hydrogen-bond acceptors (Lipinski definition) is 5. The highest BCUT2D eigenvalue weighted by Crippen LogP contribution is 2.68. The molecular weight excluding hydrogens is 581 g/mol. The summed E-state index contributed by atoms with van der Waals surface area (Å²) in [5.74, 6) is -2.31. The van der Waals surface area contributed by atoms with E-state index in [1.54, 1.807) is 11.8 Å². The number of alkyl halides is 3. The molecule has 4 aliphatic rings. The Balaban J connectivity index is 1.18. The first-order valence-corrected chi connectivity index (χ1v) is 15.5. The highest BCUT2D eigenvalue weighted by Gasteiger charge is 2.69. The number of rotatable bonds is 3. The molecule has 0 spiro atoms. The third-order valence-electron chi connectivity index (χ3n) is 9.53. The summed E-state index contributed by atoms with van der Waals surface area (Å²) in [6.07, 6.45) is -3.87. The van der Waals surface area contributed by atoms with Gasteiger partial charge >= 0.3 is 11.0 Å². The van der Waals surface area contributed by atoms with Crippen LogP contribution in [-0.4, -0.2) is 22.0 Å². The minimum absolute atomic E-state index is 0.00556. The van der Waals surface area contributed by atoms with E-state index < -0.39 is 35.4 Å². The summed E-state index contributed by atoms with van der Waals surface area (Å²) >= 11 is 2.79. The Labute approximate surface area is 246 Å². The number of amides is 2. The molecule has 212 valence electrons. The Hall–Kier alpha value is -3.63. The van der Waals surface area contributed by atoms with Gasteiger partial charge in [-0.15, -0.1) is 11.8 Å². The molecule has 5 nitrogen and oxygen atoms in total. The minimum Gasteiger partial charge on any atom is -0.307 e. The van der Waals surface area contributed by atoms with E-state index in [4.69, 9.17) is 0 Å². The molecule has 1 aromatic heterocycles. The van der Waals surface area contributed by atoms with Crippen LogP contribution in [0.1, 0.15) is 28.3 Å². The average molecular weight is 605 g/mol. The van der Waals surface area contributed by atoms with E-state index in [-0.39, 0.29) is 39.5 Å². The number of halogens is 3. The van der Waals surface area contributed by atoms with Crippen LogP contribution in [0.3, 0.4) is 0 Å². The van der Waals surface area contributed by atoms with Crippen molar-refractivity contribution in [2.24, 2.45) is 29.6 Å². The van der Waals surface area contributed by atoms with E-state index in [1.807, 2.05) is 30.3 Å². The Morgan fingerprint density at radius 2 is 1.50 bits per heavy atom. The molecule has 1 saturated heterocycles. The normalized spacial score (nSPS) is 29.5. The van der Waals surface area contributed by atoms with Crippen molar-refractivity contribution >= 4 is 40.6 Å². The van der Waals surface area contributed by atoms with Crippen molar-refractivity contribution < 1.29 is 22.8 Å². The summed E-state index contributed by atoms with van der Waals surface area (Å²) in [5.41, 5.74) is 2.31. The molecule has 3 heterocycles. The van der Waals surface area contributed by atoms with Gasteiger partial charge in [0.05, 0.1) is 28.1 Å². The second-order valence-corrected chi connectivity index (χ2v) is 13.7. The molecule has 7 atom stereocenters. The lowest BCUT2D eigenvalue weighted by Crippen LogP contribution is -2.42. The lowest BCUT2D eigenvalue weighted by Gasteiger charge is -2.43. The van der Waals surface area contributed by atoms with E-state index in [9.17, 15) is 27.6 Å². The molecule has 3 aromatic carbocycles. The maximum atomic E-state index is 13.9. The number of imide groups is 1. The molecule has 2 saturated carbocycles. The first kappa shape index (κ1) is 26.0. The van der Waals surface area contributed by atoms with Crippen molar-refractivity contribution in [1.82, 2.24) is 4.98 Å². The Morgan fingerprint density at radius 3 is 2.21 bits per heavy atom. The number of anilines is 1. The highest BCUT2D eigenvalue weighted by atomic mass is 32.2. The standard InChI is InChI=1S/C32H23F3N2O3S2/c33-32(34,35)18-7-4-8-19(13-18)37-29(38)24-20-14-21(25(24)30(37)39)26-23(20)22(27-28(41-26)36-31(40)42-27)17-11-9-16(10-12-17)15-5-2-1-3-6-15/h1-13,20-26H,14H2,(H,36,40)/t20-,21-,22?,23?,24?,25?,26?/m1/s1. The quantitative estimate of drug-likeness (QED) is 0.261. The molecule has 3 fully saturated rings. The number of benzene rings is 3. The van der Waals surface area contributed by atoms with Crippen LogP contribution >= 0.6 is 23.1 Å². The number of aromatic amines is 1. The van der Waals surface area contributed by atoms with Gasteiger partial charge in [0.25, 0.3) is 0 Å². The Morgan fingerprint density at radius 1 is 0.810 bits per heavy atom. The van der Waals surface area contributed by atoms with Crippen molar-refractivity contribution in [3.8, 4) is 11.1 Å². The Bertz CT molecular complexity index is 1800. The van der Waals surface area contributed by atoms with Crippen LogP contribution in [0.15, 0.2) is 88.7 Å². The molecule has 2 aliphatic carbocycles.